The van der Waals surface area contributed by atoms with E-state index in [9.17, 15) is 18.0 Å². The minimum Gasteiger partial charge on any atom is -0.492 e. The largest absolute Gasteiger partial charge is 0.492 e. The maximum absolute atomic E-state index is 14.2. The Labute approximate surface area is 248 Å². The first-order chi connectivity index (χ1) is 19.6. The molecule has 1 N–H and O–H groups in total. The van der Waals surface area contributed by atoms with Gasteiger partial charge in [-0.3, -0.25) is 13.9 Å². The number of ether oxygens (including phenoxy) is 1. The smallest absolute Gasteiger partial charge is 0.264 e. The molecule has 0 heterocycles. The SMILES string of the molecule is CCOc1ccccc1N(CC(=O)N(Cc1ccc(Cl)cc1)[C@@H](CC)C(=O)NCC(C)C)S(=O)(=O)c1ccccc1. The number of hydrogen-bond acceptors (Lipinski definition) is 5. The van der Waals surface area contributed by atoms with Gasteiger partial charge in [-0.05, 0) is 61.2 Å². The lowest BCUT2D eigenvalue weighted by Crippen LogP contribution is -2.52. The molecule has 220 valence electrons. The van der Waals surface area contributed by atoms with E-state index in [-0.39, 0.29) is 29.0 Å². The molecule has 3 aromatic rings. The van der Waals surface area contributed by atoms with Gasteiger partial charge in [0.15, 0.2) is 0 Å². The zero-order valence-electron chi connectivity index (χ0n) is 23.9. The Bertz CT molecular complexity index is 1400. The summed E-state index contributed by atoms with van der Waals surface area (Å²) in [6.07, 6.45) is 0.338. The van der Waals surface area contributed by atoms with Gasteiger partial charge in [0.05, 0.1) is 17.2 Å². The van der Waals surface area contributed by atoms with Crippen molar-refractivity contribution in [3.63, 3.8) is 0 Å². The van der Waals surface area contributed by atoms with E-state index in [4.69, 9.17) is 16.3 Å². The predicted molar refractivity (Wildman–Crippen MR) is 163 cm³/mol. The first-order valence-electron chi connectivity index (χ1n) is 13.7. The molecule has 0 aliphatic carbocycles. The van der Waals surface area contributed by atoms with E-state index < -0.39 is 28.5 Å². The summed E-state index contributed by atoms with van der Waals surface area (Å²) >= 11 is 6.08. The third-order valence-electron chi connectivity index (χ3n) is 6.38. The van der Waals surface area contributed by atoms with Crippen LogP contribution in [0.15, 0.2) is 83.8 Å². The van der Waals surface area contributed by atoms with E-state index in [1.807, 2.05) is 20.8 Å². The molecule has 0 saturated carbocycles. The van der Waals surface area contributed by atoms with Gasteiger partial charge in [-0.1, -0.05) is 74.8 Å². The molecule has 0 unspecified atom stereocenters. The number of rotatable bonds is 14. The lowest BCUT2D eigenvalue weighted by atomic mass is 10.1. The van der Waals surface area contributed by atoms with Crippen LogP contribution in [0.25, 0.3) is 0 Å². The van der Waals surface area contributed by atoms with Gasteiger partial charge in [0.25, 0.3) is 10.0 Å². The maximum Gasteiger partial charge on any atom is 0.264 e. The van der Waals surface area contributed by atoms with Crippen molar-refractivity contribution in [2.75, 3.05) is 24.0 Å². The highest BCUT2D eigenvalue weighted by Gasteiger charge is 2.34. The van der Waals surface area contributed by atoms with Crippen molar-refractivity contribution < 1.29 is 22.7 Å². The number of carbonyl (C=O) groups is 2. The first-order valence-corrected chi connectivity index (χ1v) is 15.5. The normalized spacial score (nSPS) is 12.0. The molecule has 2 amide bonds. The van der Waals surface area contributed by atoms with E-state index in [1.165, 1.54) is 17.0 Å². The molecule has 3 aromatic carbocycles. The topological polar surface area (TPSA) is 96.0 Å². The number of amides is 2. The van der Waals surface area contributed by atoms with Gasteiger partial charge in [-0.2, -0.15) is 0 Å². The van der Waals surface area contributed by atoms with Crippen molar-refractivity contribution in [3.8, 4) is 5.75 Å². The molecule has 8 nitrogen and oxygen atoms in total. The highest BCUT2D eigenvalue weighted by Crippen LogP contribution is 2.33. The monoisotopic (exact) mass is 599 g/mol. The zero-order chi connectivity index (χ0) is 30.0. The Hall–Kier alpha value is -3.56. The van der Waals surface area contributed by atoms with E-state index >= 15 is 0 Å². The average Bonchev–Trinajstić information content (AvgIpc) is 2.96. The maximum atomic E-state index is 14.2. The number of carbonyl (C=O) groups excluding carboxylic acids is 2. The molecular weight excluding hydrogens is 562 g/mol. The van der Waals surface area contributed by atoms with Crippen molar-refractivity contribution in [2.24, 2.45) is 5.92 Å². The summed E-state index contributed by atoms with van der Waals surface area (Å²) in [4.78, 5) is 28.9. The average molecular weight is 600 g/mol. The van der Waals surface area contributed by atoms with Crippen LogP contribution in [0.2, 0.25) is 5.02 Å². The van der Waals surface area contributed by atoms with Gasteiger partial charge < -0.3 is 15.0 Å². The molecule has 0 aromatic heterocycles. The van der Waals surface area contributed by atoms with Crippen LogP contribution in [-0.2, 0) is 26.2 Å². The van der Waals surface area contributed by atoms with Gasteiger partial charge in [0.1, 0.15) is 18.3 Å². The van der Waals surface area contributed by atoms with Crippen LogP contribution >= 0.6 is 11.6 Å². The third-order valence-corrected chi connectivity index (χ3v) is 8.41. The molecule has 3 rings (SSSR count). The van der Waals surface area contributed by atoms with Gasteiger partial charge in [-0.15, -0.1) is 0 Å². The summed E-state index contributed by atoms with van der Waals surface area (Å²) in [5, 5.41) is 3.47. The van der Waals surface area contributed by atoms with Crippen molar-refractivity contribution >= 4 is 39.1 Å². The lowest BCUT2D eigenvalue weighted by Gasteiger charge is -2.33. The second-order valence-corrected chi connectivity index (χ2v) is 12.2. The fourth-order valence-electron chi connectivity index (χ4n) is 4.30. The number of nitrogens with one attached hydrogen (secondary N) is 1. The molecule has 0 aliphatic rings. The molecule has 0 bridgehead atoms. The highest BCUT2D eigenvalue weighted by molar-refractivity contribution is 7.92. The highest BCUT2D eigenvalue weighted by atomic mass is 35.5. The summed E-state index contributed by atoms with van der Waals surface area (Å²) < 4.78 is 34.8. The fraction of sp³-hybridized carbons (Fsp3) is 0.355. The molecule has 0 saturated heterocycles. The molecular formula is C31H38ClN3O5S. The Morgan fingerprint density at radius 2 is 1.56 bits per heavy atom. The van der Waals surface area contributed by atoms with Crippen molar-refractivity contribution in [1.82, 2.24) is 10.2 Å². The van der Waals surface area contributed by atoms with Crippen LogP contribution in [-0.4, -0.2) is 50.9 Å². The minimum absolute atomic E-state index is 0.0325. The van der Waals surface area contributed by atoms with Crippen molar-refractivity contribution in [3.05, 3.63) is 89.4 Å². The standard InChI is InChI=1S/C31H38ClN3O5S/c1-5-27(31(37)33-20-23(3)4)34(21-24-16-18-25(32)19-17-24)30(36)22-35(28-14-10-11-15-29(28)40-6-2)41(38,39)26-12-8-7-9-13-26/h7-19,23,27H,5-6,20-22H2,1-4H3,(H,33,37)/t27-/m0/s1. The molecule has 10 heteroatoms. The summed E-state index contributed by atoms with van der Waals surface area (Å²) in [5.74, 6) is -0.278. The van der Waals surface area contributed by atoms with E-state index in [0.29, 0.717) is 30.3 Å². The summed E-state index contributed by atoms with van der Waals surface area (Å²) in [6.45, 7) is 7.91. The third kappa shape index (κ3) is 8.47. The van der Waals surface area contributed by atoms with E-state index in [1.54, 1.807) is 73.7 Å². The van der Waals surface area contributed by atoms with Gasteiger partial charge in [0, 0.05) is 18.1 Å². The Kier molecular flexibility index (Phi) is 11.6. The summed E-state index contributed by atoms with van der Waals surface area (Å²) in [6, 6.07) is 20.8. The summed E-state index contributed by atoms with van der Waals surface area (Å²) in [7, 11) is -4.19. The van der Waals surface area contributed by atoms with Crippen molar-refractivity contribution in [2.45, 2.75) is 51.6 Å². The zero-order valence-corrected chi connectivity index (χ0v) is 25.5. The molecule has 41 heavy (non-hydrogen) atoms. The fourth-order valence-corrected chi connectivity index (χ4v) is 5.87. The molecule has 0 radical (unpaired) electrons. The molecule has 0 fully saturated rings. The summed E-state index contributed by atoms with van der Waals surface area (Å²) in [5.41, 5.74) is 0.986. The quantitative estimate of drug-likeness (QED) is 0.263. The van der Waals surface area contributed by atoms with Crippen LogP contribution in [0.4, 0.5) is 5.69 Å². The number of nitrogens with zero attached hydrogens (tertiary/aromatic N) is 2. The molecule has 1 atom stereocenters. The Morgan fingerprint density at radius 1 is 0.927 bits per heavy atom. The Balaban J connectivity index is 2.08. The van der Waals surface area contributed by atoms with Crippen LogP contribution in [0.5, 0.6) is 5.75 Å². The number of benzene rings is 3. The second kappa shape index (κ2) is 14.9. The Morgan fingerprint density at radius 3 is 2.17 bits per heavy atom. The van der Waals surface area contributed by atoms with Gasteiger partial charge in [-0.25, -0.2) is 8.42 Å². The second-order valence-electron chi connectivity index (χ2n) is 9.94. The first kappa shape index (κ1) is 32.0. The van der Waals surface area contributed by atoms with Crippen LogP contribution in [0, 0.1) is 5.92 Å². The number of para-hydroxylation sites is 2. The predicted octanol–water partition coefficient (Wildman–Crippen LogP) is 5.51. The van der Waals surface area contributed by atoms with E-state index in [2.05, 4.69) is 5.32 Å². The van der Waals surface area contributed by atoms with Crippen LogP contribution < -0.4 is 14.4 Å². The molecule has 0 spiro atoms. The number of hydrogen-bond donors (Lipinski definition) is 1. The van der Waals surface area contributed by atoms with Crippen LogP contribution in [0.3, 0.4) is 0 Å². The van der Waals surface area contributed by atoms with Crippen LogP contribution in [0.1, 0.15) is 39.7 Å². The van der Waals surface area contributed by atoms with E-state index in [0.717, 1.165) is 9.87 Å². The number of halogens is 1. The van der Waals surface area contributed by atoms with Crippen molar-refractivity contribution in [1.29, 1.82) is 0 Å². The number of anilines is 1. The van der Waals surface area contributed by atoms with Gasteiger partial charge >= 0.3 is 0 Å². The number of sulfonamides is 1. The molecule has 0 aliphatic heterocycles. The minimum atomic E-state index is -4.19. The lowest BCUT2D eigenvalue weighted by molar-refractivity contribution is -0.140. The van der Waals surface area contributed by atoms with Gasteiger partial charge in [0.2, 0.25) is 11.8 Å².